The first-order valence-corrected chi connectivity index (χ1v) is 18.8. The van der Waals surface area contributed by atoms with Crippen molar-refractivity contribution >= 4 is 0 Å². The Morgan fingerprint density at radius 3 is 1.50 bits per heavy atom. The van der Waals surface area contributed by atoms with E-state index in [0.717, 1.165) is 30.6 Å². The maximum atomic E-state index is 5.54. The summed E-state index contributed by atoms with van der Waals surface area (Å²) in [6, 6.07) is 0. The van der Waals surface area contributed by atoms with Gasteiger partial charge in [0, 0.05) is 14.2 Å². The second-order valence-corrected chi connectivity index (χ2v) is 16.1. The van der Waals surface area contributed by atoms with Gasteiger partial charge in [0.1, 0.15) is 0 Å². The molecule has 0 aromatic rings. The molecule has 0 aliphatic carbocycles. The van der Waals surface area contributed by atoms with E-state index in [1.807, 2.05) is 14.2 Å². The molecule has 0 fully saturated rings. The molecular formula is C42H80O2. The minimum Gasteiger partial charge on any atom is -0.379 e. The summed E-state index contributed by atoms with van der Waals surface area (Å²) in [4.78, 5) is 0. The van der Waals surface area contributed by atoms with Crippen molar-refractivity contribution in [2.75, 3.05) is 14.2 Å². The summed E-state index contributed by atoms with van der Waals surface area (Å²) in [5.41, 5.74) is 3.12. The fourth-order valence-electron chi connectivity index (χ4n) is 6.04. The standard InChI is InChI=1S/C42H80O2/c1-35(23-15-25-37(3)27-17-29-39(5)31-19-33-41(7,8)43-11)21-13-14-22-36(2)24-16-26-38(4)28-18-30-40(6)32-20-34-42(9,10)44-12/h15,23,29-30,35-38H,13-14,16-22,24-28,31-34H2,1-12H3/b23-15+,39-29+,40-30+. The first-order valence-electron chi connectivity index (χ1n) is 18.8. The second-order valence-electron chi connectivity index (χ2n) is 16.1. The molecule has 0 N–H and O–H groups in total. The van der Waals surface area contributed by atoms with Crippen molar-refractivity contribution in [1.82, 2.24) is 0 Å². The minimum atomic E-state index is 0.00978. The van der Waals surface area contributed by atoms with Crippen molar-refractivity contribution in [2.45, 2.75) is 196 Å². The van der Waals surface area contributed by atoms with Crippen molar-refractivity contribution in [1.29, 1.82) is 0 Å². The van der Waals surface area contributed by atoms with Crippen LogP contribution in [0.1, 0.15) is 185 Å². The number of allylic oxidation sites excluding steroid dienone is 6. The van der Waals surface area contributed by atoms with Crippen LogP contribution in [0.5, 0.6) is 0 Å². The van der Waals surface area contributed by atoms with Gasteiger partial charge in [-0.25, -0.2) is 0 Å². The Bertz CT molecular complexity index is 771. The molecule has 2 nitrogen and oxygen atoms in total. The molecule has 44 heavy (non-hydrogen) atoms. The summed E-state index contributed by atoms with van der Waals surface area (Å²) in [5, 5.41) is 0. The van der Waals surface area contributed by atoms with Crippen LogP contribution in [0.4, 0.5) is 0 Å². The molecule has 0 saturated heterocycles. The average molecular weight is 617 g/mol. The molecule has 0 aromatic carbocycles. The van der Waals surface area contributed by atoms with Crippen LogP contribution in [0.3, 0.4) is 0 Å². The number of hydrogen-bond acceptors (Lipinski definition) is 2. The Kier molecular flexibility index (Phi) is 24.8. The van der Waals surface area contributed by atoms with E-state index in [4.69, 9.17) is 9.47 Å². The van der Waals surface area contributed by atoms with Gasteiger partial charge in [-0.05, 0) is 142 Å². The van der Waals surface area contributed by atoms with Gasteiger partial charge < -0.3 is 9.47 Å². The molecule has 0 spiro atoms. The summed E-state index contributed by atoms with van der Waals surface area (Å²) >= 11 is 0. The third-order valence-electron chi connectivity index (χ3n) is 10.1. The van der Waals surface area contributed by atoms with Crippen LogP contribution in [-0.2, 0) is 9.47 Å². The molecule has 2 heteroatoms. The maximum absolute atomic E-state index is 5.54. The summed E-state index contributed by atoms with van der Waals surface area (Å²) < 4.78 is 11.1. The van der Waals surface area contributed by atoms with Crippen LogP contribution in [0.25, 0.3) is 0 Å². The Labute approximate surface area is 278 Å². The van der Waals surface area contributed by atoms with Crippen LogP contribution in [0.15, 0.2) is 35.5 Å². The normalized spacial score (nSPS) is 16.5. The first kappa shape index (κ1) is 43.1. The van der Waals surface area contributed by atoms with Gasteiger partial charge in [-0.15, -0.1) is 0 Å². The maximum Gasteiger partial charge on any atom is 0.0622 e. The lowest BCUT2D eigenvalue weighted by molar-refractivity contribution is 0.0137. The molecule has 260 valence electrons. The summed E-state index contributed by atoms with van der Waals surface area (Å²) in [7, 11) is 3.64. The number of hydrogen-bond donors (Lipinski definition) is 0. The van der Waals surface area contributed by atoms with Crippen molar-refractivity contribution < 1.29 is 9.47 Å². The topological polar surface area (TPSA) is 18.5 Å². The van der Waals surface area contributed by atoms with E-state index < -0.39 is 0 Å². The fourth-order valence-corrected chi connectivity index (χ4v) is 6.04. The van der Waals surface area contributed by atoms with E-state index >= 15 is 0 Å². The van der Waals surface area contributed by atoms with Crippen LogP contribution in [0, 0.1) is 23.7 Å². The average Bonchev–Trinajstić information content (AvgIpc) is 2.95. The van der Waals surface area contributed by atoms with Crippen molar-refractivity contribution in [3.8, 4) is 0 Å². The zero-order valence-electron chi connectivity index (χ0n) is 32.2. The van der Waals surface area contributed by atoms with E-state index in [1.54, 1.807) is 11.1 Å². The molecule has 0 saturated carbocycles. The SMILES string of the molecule is COC(C)(C)CCC/C(C)=C/CCC(C)C/C=C/C(C)CCCCC(C)CCCC(C)CC/C=C(\C)CCCC(C)(C)OC. The largest absolute Gasteiger partial charge is 0.379 e. The highest BCUT2D eigenvalue weighted by Gasteiger charge is 2.16. The lowest BCUT2D eigenvalue weighted by atomic mass is 9.92. The molecule has 0 aliphatic heterocycles. The predicted molar refractivity (Wildman–Crippen MR) is 199 cm³/mol. The minimum absolute atomic E-state index is 0.00978. The van der Waals surface area contributed by atoms with E-state index in [0.29, 0.717) is 5.92 Å². The first-order chi connectivity index (χ1) is 20.7. The highest BCUT2D eigenvalue weighted by Crippen LogP contribution is 2.24. The molecule has 0 aromatic heterocycles. The van der Waals surface area contributed by atoms with Crippen LogP contribution in [0.2, 0.25) is 0 Å². The van der Waals surface area contributed by atoms with Gasteiger partial charge in [0.05, 0.1) is 11.2 Å². The van der Waals surface area contributed by atoms with Crippen LogP contribution >= 0.6 is 0 Å². The Morgan fingerprint density at radius 1 is 0.568 bits per heavy atom. The second kappa shape index (κ2) is 25.3. The summed E-state index contributed by atoms with van der Waals surface area (Å²) in [5.74, 6) is 3.20. The molecule has 0 amide bonds. The van der Waals surface area contributed by atoms with Crippen LogP contribution in [-0.4, -0.2) is 25.4 Å². The van der Waals surface area contributed by atoms with Crippen LogP contribution < -0.4 is 0 Å². The lowest BCUT2D eigenvalue weighted by Crippen LogP contribution is -2.21. The van der Waals surface area contributed by atoms with Crippen molar-refractivity contribution in [3.63, 3.8) is 0 Å². The number of unbranched alkanes of at least 4 members (excludes halogenated alkanes) is 1. The van der Waals surface area contributed by atoms with E-state index in [-0.39, 0.29) is 11.2 Å². The summed E-state index contributed by atoms with van der Waals surface area (Å²) in [6.45, 7) is 23.1. The molecule has 4 unspecified atom stereocenters. The van der Waals surface area contributed by atoms with Gasteiger partial charge in [-0.3, -0.25) is 0 Å². The van der Waals surface area contributed by atoms with E-state index in [1.165, 1.54) is 103 Å². The van der Waals surface area contributed by atoms with Gasteiger partial charge in [0.15, 0.2) is 0 Å². The third kappa shape index (κ3) is 26.4. The highest BCUT2D eigenvalue weighted by atomic mass is 16.5. The van der Waals surface area contributed by atoms with Gasteiger partial charge in [0.2, 0.25) is 0 Å². The molecule has 0 radical (unpaired) electrons. The van der Waals surface area contributed by atoms with E-state index in [2.05, 4.69) is 93.5 Å². The number of rotatable bonds is 28. The molecule has 0 heterocycles. The number of methoxy groups -OCH3 is 2. The zero-order valence-corrected chi connectivity index (χ0v) is 32.2. The Balaban J connectivity index is 3.89. The van der Waals surface area contributed by atoms with Gasteiger partial charge >= 0.3 is 0 Å². The number of ether oxygens (including phenoxy) is 2. The smallest absolute Gasteiger partial charge is 0.0622 e. The fraction of sp³-hybridized carbons (Fsp3) is 0.857. The lowest BCUT2D eigenvalue weighted by Gasteiger charge is -2.22. The van der Waals surface area contributed by atoms with Crippen molar-refractivity contribution in [2.24, 2.45) is 23.7 Å². The Morgan fingerprint density at radius 2 is 1.00 bits per heavy atom. The molecule has 0 rings (SSSR count). The molecule has 0 bridgehead atoms. The van der Waals surface area contributed by atoms with E-state index in [9.17, 15) is 0 Å². The molecule has 4 atom stereocenters. The van der Waals surface area contributed by atoms with Gasteiger partial charge in [-0.2, -0.15) is 0 Å². The Hall–Kier alpha value is -0.860. The third-order valence-corrected chi connectivity index (χ3v) is 10.1. The van der Waals surface area contributed by atoms with Crippen molar-refractivity contribution in [3.05, 3.63) is 35.5 Å². The quantitative estimate of drug-likeness (QED) is 0.0643. The zero-order chi connectivity index (χ0) is 33.4. The molecular weight excluding hydrogens is 536 g/mol. The van der Waals surface area contributed by atoms with Gasteiger partial charge in [0.25, 0.3) is 0 Å². The van der Waals surface area contributed by atoms with Gasteiger partial charge in [-0.1, -0.05) is 102 Å². The molecule has 0 aliphatic rings. The predicted octanol–water partition coefficient (Wildman–Crippen LogP) is 13.9. The highest BCUT2D eigenvalue weighted by molar-refractivity contribution is 4.99. The monoisotopic (exact) mass is 617 g/mol. The summed E-state index contributed by atoms with van der Waals surface area (Å²) in [6.07, 6.45) is 33.0.